The minimum Gasteiger partial charge on any atom is -0.496 e. The summed E-state index contributed by atoms with van der Waals surface area (Å²) in [5.41, 5.74) is 1.91. The van der Waals surface area contributed by atoms with Crippen molar-refractivity contribution in [1.82, 2.24) is 9.88 Å². The fourth-order valence-electron chi connectivity index (χ4n) is 2.54. The highest BCUT2D eigenvalue weighted by Crippen LogP contribution is 2.22. The van der Waals surface area contributed by atoms with Crippen LogP contribution in [0.5, 0.6) is 5.75 Å². The minimum absolute atomic E-state index is 0.268. The van der Waals surface area contributed by atoms with E-state index < -0.39 is 0 Å². The van der Waals surface area contributed by atoms with Crippen molar-refractivity contribution in [2.45, 2.75) is 13.1 Å². The van der Waals surface area contributed by atoms with Gasteiger partial charge in [0, 0.05) is 17.7 Å². The lowest BCUT2D eigenvalue weighted by Gasteiger charge is -2.16. The Labute approximate surface area is 140 Å². The van der Waals surface area contributed by atoms with Gasteiger partial charge in [-0.2, -0.15) is 0 Å². The molecular formula is C19H19FN2O2. The average molecular weight is 326 g/mol. The lowest BCUT2D eigenvalue weighted by atomic mass is 10.2. The van der Waals surface area contributed by atoms with Gasteiger partial charge in [0.15, 0.2) is 5.76 Å². The van der Waals surface area contributed by atoms with Gasteiger partial charge in [-0.05, 0) is 37.4 Å². The van der Waals surface area contributed by atoms with Gasteiger partial charge in [-0.15, -0.1) is 0 Å². The number of methoxy groups -OCH3 is 1. The van der Waals surface area contributed by atoms with Gasteiger partial charge in [0.25, 0.3) is 0 Å². The van der Waals surface area contributed by atoms with Crippen molar-refractivity contribution in [2.24, 2.45) is 0 Å². The highest BCUT2D eigenvalue weighted by molar-refractivity contribution is 5.55. The molecule has 0 atom stereocenters. The monoisotopic (exact) mass is 326 g/mol. The summed E-state index contributed by atoms with van der Waals surface area (Å²) in [6, 6.07) is 14.1. The topological polar surface area (TPSA) is 38.5 Å². The number of hydrogen-bond acceptors (Lipinski definition) is 4. The number of nitrogens with zero attached hydrogens (tertiary/aromatic N) is 2. The van der Waals surface area contributed by atoms with Crippen LogP contribution in [0.2, 0.25) is 0 Å². The zero-order valence-corrected chi connectivity index (χ0v) is 13.7. The number of para-hydroxylation sites is 1. The number of aromatic nitrogens is 1. The van der Waals surface area contributed by atoms with E-state index in [4.69, 9.17) is 9.15 Å². The Morgan fingerprint density at radius 3 is 2.58 bits per heavy atom. The van der Waals surface area contributed by atoms with Gasteiger partial charge < -0.3 is 9.15 Å². The summed E-state index contributed by atoms with van der Waals surface area (Å²) >= 11 is 0. The number of ether oxygens (including phenoxy) is 1. The quantitative estimate of drug-likeness (QED) is 0.683. The molecule has 24 heavy (non-hydrogen) atoms. The number of benzene rings is 2. The first-order valence-corrected chi connectivity index (χ1v) is 7.67. The molecule has 0 aliphatic heterocycles. The summed E-state index contributed by atoms with van der Waals surface area (Å²) in [5, 5.41) is 0. The first kappa shape index (κ1) is 16.2. The number of rotatable bonds is 6. The minimum atomic E-state index is -0.268. The van der Waals surface area contributed by atoms with Crippen molar-refractivity contribution in [2.75, 3.05) is 14.2 Å². The Kier molecular flexibility index (Phi) is 4.91. The summed E-state index contributed by atoms with van der Waals surface area (Å²) < 4.78 is 24.1. The van der Waals surface area contributed by atoms with Crippen LogP contribution in [0.1, 0.15) is 11.5 Å². The van der Waals surface area contributed by atoms with Crippen LogP contribution in [0.25, 0.3) is 11.3 Å². The summed E-state index contributed by atoms with van der Waals surface area (Å²) in [5.74, 6) is 1.85. The van der Waals surface area contributed by atoms with Crippen LogP contribution in [-0.4, -0.2) is 24.0 Å². The van der Waals surface area contributed by atoms with Gasteiger partial charge in [-0.3, -0.25) is 4.90 Å². The van der Waals surface area contributed by atoms with E-state index in [1.807, 2.05) is 31.3 Å². The Balaban J connectivity index is 1.67. The van der Waals surface area contributed by atoms with E-state index in [0.717, 1.165) is 23.4 Å². The molecule has 0 bridgehead atoms. The normalized spacial score (nSPS) is 11.0. The Morgan fingerprint density at radius 1 is 1.08 bits per heavy atom. The molecule has 5 heteroatoms. The zero-order valence-electron chi connectivity index (χ0n) is 13.7. The standard InChI is InChI=1S/C19H19FN2O2/c1-22(12-15-5-3-4-6-17(15)23-2)13-19-21-11-18(24-19)14-7-9-16(20)10-8-14/h3-11H,12-13H2,1-2H3. The fourth-order valence-corrected chi connectivity index (χ4v) is 2.54. The third-order valence-electron chi connectivity index (χ3n) is 3.72. The molecule has 0 aliphatic rings. The van der Waals surface area contributed by atoms with Crippen LogP contribution >= 0.6 is 0 Å². The zero-order chi connectivity index (χ0) is 16.9. The van der Waals surface area contributed by atoms with Crippen LogP contribution in [0.4, 0.5) is 4.39 Å². The van der Waals surface area contributed by atoms with Crippen molar-refractivity contribution in [1.29, 1.82) is 0 Å². The molecule has 0 radical (unpaired) electrons. The molecule has 2 aromatic carbocycles. The lowest BCUT2D eigenvalue weighted by molar-refractivity contribution is 0.278. The molecule has 0 fully saturated rings. The molecule has 1 heterocycles. The highest BCUT2D eigenvalue weighted by atomic mass is 19.1. The van der Waals surface area contributed by atoms with Crippen LogP contribution in [0.15, 0.2) is 59.1 Å². The molecule has 0 saturated carbocycles. The molecule has 124 valence electrons. The van der Waals surface area contributed by atoms with Crippen molar-refractivity contribution in [3.05, 3.63) is 72.0 Å². The maximum absolute atomic E-state index is 13.0. The van der Waals surface area contributed by atoms with E-state index in [0.29, 0.717) is 18.2 Å². The Morgan fingerprint density at radius 2 is 1.83 bits per heavy atom. The molecule has 0 aliphatic carbocycles. The van der Waals surface area contributed by atoms with Crippen LogP contribution in [0.3, 0.4) is 0 Å². The van der Waals surface area contributed by atoms with E-state index in [-0.39, 0.29) is 5.82 Å². The largest absolute Gasteiger partial charge is 0.496 e. The molecular weight excluding hydrogens is 307 g/mol. The first-order chi connectivity index (χ1) is 11.7. The molecule has 1 aromatic heterocycles. The SMILES string of the molecule is COc1ccccc1CN(C)Cc1ncc(-c2ccc(F)cc2)o1. The molecule has 0 unspecified atom stereocenters. The van der Waals surface area contributed by atoms with Gasteiger partial charge in [-0.25, -0.2) is 9.37 Å². The van der Waals surface area contributed by atoms with Crippen molar-refractivity contribution < 1.29 is 13.5 Å². The molecule has 0 N–H and O–H groups in total. The van der Waals surface area contributed by atoms with E-state index >= 15 is 0 Å². The molecule has 0 spiro atoms. The second-order valence-corrected chi connectivity index (χ2v) is 5.61. The van der Waals surface area contributed by atoms with E-state index in [2.05, 4.69) is 9.88 Å². The molecule has 3 aromatic rings. The third kappa shape index (κ3) is 3.81. The maximum atomic E-state index is 13.0. The van der Waals surface area contributed by atoms with Crippen LogP contribution in [0, 0.1) is 5.82 Å². The predicted molar refractivity (Wildman–Crippen MR) is 90.1 cm³/mol. The van der Waals surface area contributed by atoms with E-state index in [9.17, 15) is 4.39 Å². The average Bonchev–Trinajstić information content (AvgIpc) is 3.04. The van der Waals surface area contributed by atoms with Crippen LogP contribution in [-0.2, 0) is 13.1 Å². The Hall–Kier alpha value is -2.66. The fraction of sp³-hybridized carbons (Fsp3) is 0.211. The highest BCUT2D eigenvalue weighted by Gasteiger charge is 2.11. The van der Waals surface area contributed by atoms with Crippen LogP contribution < -0.4 is 4.74 Å². The smallest absolute Gasteiger partial charge is 0.209 e. The maximum Gasteiger partial charge on any atom is 0.209 e. The van der Waals surface area contributed by atoms with E-state index in [1.54, 1.807) is 25.4 Å². The van der Waals surface area contributed by atoms with Gasteiger partial charge in [0.1, 0.15) is 11.6 Å². The van der Waals surface area contributed by atoms with Crippen molar-refractivity contribution >= 4 is 0 Å². The van der Waals surface area contributed by atoms with Gasteiger partial charge in [-0.1, -0.05) is 18.2 Å². The summed E-state index contributed by atoms with van der Waals surface area (Å²) in [6.45, 7) is 1.29. The van der Waals surface area contributed by atoms with Gasteiger partial charge >= 0.3 is 0 Å². The second-order valence-electron chi connectivity index (χ2n) is 5.61. The molecule has 0 saturated heterocycles. The third-order valence-corrected chi connectivity index (χ3v) is 3.72. The molecule has 0 amide bonds. The first-order valence-electron chi connectivity index (χ1n) is 7.67. The lowest BCUT2D eigenvalue weighted by Crippen LogP contribution is -2.17. The number of oxazole rings is 1. The second kappa shape index (κ2) is 7.27. The van der Waals surface area contributed by atoms with Crippen molar-refractivity contribution in [3.8, 4) is 17.1 Å². The van der Waals surface area contributed by atoms with Gasteiger partial charge in [0.2, 0.25) is 5.89 Å². The van der Waals surface area contributed by atoms with Gasteiger partial charge in [0.05, 0.1) is 19.9 Å². The summed E-state index contributed by atoms with van der Waals surface area (Å²) in [6.07, 6.45) is 1.67. The summed E-state index contributed by atoms with van der Waals surface area (Å²) in [7, 11) is 3.66. The Bertz CT molecular complexity index is 799. The molecule has 4 nitrogen and oxygen atoms in total. The molecule has 3 rings (SSSR count). The van der Waals surface area contributed by atoms with E-state index in [1.165, 1.54) is 12.1 Å². The predicted octanol–water partition coefficient (Wildman–Crippen LogP) is 4.12. The number of hydrogen-bond donors (Lipinski definition) is 0. The summed E-state index contributed by atoms with van der Waals surface area (Å²) in [4.78, 5) is 6.40. The van der Waals surface area contributed by atoms with Crippen molar-refractivity contribution in [3.63, 3.8) is 0 Å². The number of halogens is 1.